The summed E-state index contributed by atoms with van der Waals surface area (Å²) in [4.78, 5) is 3.61. The summed E-state index contributed by atoms with van der Waals surface area (Å²) in [7, 11) is 0. The number of halogens is 4. The lowest BCUT2D eigenvalue weighted by Gasteiger charge is -2.08. The molecule has 0 unspecified atom stereocenters. The number of hydrogen-bond acceptors (Lipinski definition) is 2. The quantitative estimate of drug-likeness (QED) is 0.738. The van der Waals surface area contributed by atoms with E-state index in [9.17, 15) is 13.2 Å². The van der Waals surface area contributed by atoms with Crippen LogP contribution in [0.25, 0.3) is 0 Å². The van der Waals surface area contributed by atoms with Crippen LogP contribution >= 0.6 is 11.6 Å². The topological polar surface area (TPSA) is 22.1 Å². The average Bonchev–Trinajstić information content (AvgIpc) is 2.14. The monoisotopic (exact) mass is 225 g/mol. The second-order valence-electron chi connectivity index (χ2n) is 2.54. The number of ether oxygens (including phenoxy) is 1. The lowest BCUT2D eigenvalue weighted by atomic mass is 10.3. The van der Waals surface area contributed by atoms with Gasteiger partial charge in [0.05, 0.1) is 0 Å². The van der Waals surface area contributed by atoms with Crippen LogP contribution in [0.2, 0.25) is 0 Å². The van der Waals surface area contributed by atoms with E-state index in [1.54, 1.807) is 6.07 Å². The molecule has 0 saturated carbocycles. The van der Waals surface area contributed by atoms with Crippen molar-refractivity contribution in [1.29, 1.82) is 0 Å². The molecular weight excluding hydrogens is 219 g/mol. The molecule has 78 valence electrons. The lowest BCUT2D eigenvalue weighted by molar-refractivity contribution is -0.154. The predicted molar refractivity (Wildman–Crippen MR) is 45.3 cm³/mol. The SMILES string of the molecule is FC(F)(F)COc1cc(CCl)ccn1. The summed E-state index contributed by atoms with van der Waals surface area (Å²) in [5, 5.41) is 0. The molecule has 2 nitrogen and oxygen atoms in total. The van der Waals surface area contributed by atoms with Gasteiger partial charge in [-0.1, -0.05) is 0 Å². The Morgan fingerprint density at radius 3 is 2.71 bits per heavy atom. The maximum atomic E-state index is 11.7. The third-order valence-electron chi connectivity index (χ3n) is 1.34. The molecule has 0 atom stereocenters. The van der Waals surface area contributed by atoms with E-state index in [-0.39, 0.29) is 11.8 Å². The van der Waals surface area contributed by atoms with Gasteiger partial charge in [-0.05, 0) is 11.6 Å². The first-order chi connectivity index (χ1) is 6.51. The molecule has 0 radical (unpaired) electrons. The van der Waals surface area contributed by atoms with E-state index in [0.29, 0.717) is 5.56 Å². The molecule has 0 spiro atoms. The largest absolute Gasteiger partial charge is 0.468 e. The van der Waals surface area contributed by atoms with Crippen molar-refractivity contribution in [2.24, 2.45) is 0 Å². The smallest absolute Gasteiger partial charge is 0.422 e. The van der Waals surface area contributed by atoms with Gasteiger partial charge in [-0.3, -0.25) is 0 Å². The minimum Gasteiger partial charge on any atom is -0.468 e. The molecule has 0 aliphatic heterocycles. The maximum absolute atomic E-state index is 11.7. The second kappa shape index (κ2) is 4.50. The highest BCUT2D eigenvalue weighted by Crippen LogP contribution is 2.17. The molecule has 0 bridgehead atoms. The molecule has 1 aromatic rings. The van der Waals surface area contributed by atoms with E-state index in [4.69, 9.17) is 11.6 Å². The number of alkyl halides is 4. The van der Waals surface area contributed by atoms with Gasteiger partial charge in [-0.15, -0.1) is 11.6 Å². The fourth-order valence-electron chi connectivity index (χ4n) is 0.768. The van der Waals surface area contributed by atoms with Crippen LogP contribution in [-0.4, -0.2) is 17.8 Å². The summed E-state index contributed by atoms with van der Waals surface area (Å²) in [6.45, 7) is -1.34. The van der Waals surface area contributed by atoms with Crippen LogP contribution in [-0.2, 0) is 5.88 Å². The summed E-state index contributed by atoms with van der Waals surface area (Å²) >= 11 is 5.48. The zero-order valence-electron chi connectivity index (χ0n) is 7.01. The van der Waals surface area contributed by atoms with Crippen molar-refractivity contribution in [3.8, 4) is 5.88 Å². The van der Waals surface area contributed by atoms with E-state index >= 15 is 0 Å². The molecule has 0 amide bonds. The fourth-order valence-corrected chi connectivity index (χ4v) is 0.935. The first kappa shape index (κ1) is 11.1. The highest BCUT2D eigenvalue weighted by atomic mass is 35.5. The normalized spacial score (nSPS) is 11.4. The Kier molecular flexibility index (Phi) is 3.57. The number of aromatic nitrogens is 1. The molecule has 1 rings (SSSR count). The number of rotatable bonds is 3. The molecule has 0 saturated heterocycles. The minimum absolute atomic E-state index is 0.0690. The molecule has 0 N–H and O–H groups in total. The summed E-state index contributed by atoms with van der Waals surface area (Å²) in [5.41, 5.74) is 0.666. The maximum Gasteiger partial charge on any atom is 0.422 e. The summed E-state index contributed by atoms with van der Waals surface area (Å²) < 4.78 is 39.7. The Balaban J connectivity index is 2.59. The van der Waals surface area contributed by atoms with Crippen LogP contribution in [0, 0.1) is 0 Å². The van der Waals surface area contributed by atoms with Crippen molar-refractivity contribution in [2.45, 2.75) is 12.1 Å². The van der Waals surface area contributed by atoms with Crippen LogP contribution in [0.4, 0.5) is 13.2 Å². The first-order valence-electron chi connectivity index (χ1n) is 3.72. The molecule has 0 aromatic carbocycles. The lowest BCUT2D eigenvalue weighted by Crippen LogP contribution is -2.19. The third-order valence-corrected chi connectivity index (χ3v) is 1.65. The van der Waals surface area contributed by atoms with Gasteiger partial charge < -0.3 is 4.74 Å². The van der Waals surface area contributed by atoms with Gasteiger partial charge in [0.2, 0.25) is 5.88 Å². The molecule has 0 fully saturated rings. The summed E-state index contributed by atoms with van der Waals surface area (Å²) in [6, 6.07) is 2.98. The van der Waals surface area contributed by atoms with Crippen LogP contribution in [0.5, 0.6) is 5.88 Å². The van der Waals surface area contributed by atoms with Crippen LogP contribution in [0.15, 0.2) is 18.3 Å². The van der Waals surface area contributed by atoms with Crippen molar-refractivity contribution in [2.75, 3.05) is 6.61 Å². The molecule has 14 heavy (non-hydrogen) atoms. The van der Waals surface area contributed by atoms with Gasteiger partial charge in [-0.25, -0.2) is 4.98 Å². The van der Waals surface area contributed by atoms with E-state index in [1.165, 1.54) is 12.3 Å². The Morgan fingerprint density at radius 1 is 1.43 bits per heavy atom. The third kappa shape index (κ3) is 3.83. The molecular formula is C8H7ClF3NO. The van der Waals surface area contributed by atoms with Gasteiger partial charge in [0.15, 0.2) is 6.61 Å². The molecule has 0 aliphatic rings. The number of pyridine rings is 1. The Labute approximate surface area is 83.7 Å². The Bertz CT molecular complexity index is 303. The summed E-state index contributed by atoms with van der Waals surface area (Å²) in [5.74, 6) is 0.144. The van der Waals surface area contributed by atoms with Gasteiger partial charge in [0.1, 0.15) is 0 Å². The van der Waals surface area contributed by atoms with E-state index in [2.05, 4.69) is 9.72 Å². The van der Waals surface area contributed by atoms with Crippen LogP contribution < -0.4 is 4.74 Å². The molecule has 1 heterocycles. The van der Waals surface area contributed by atoms with E-state index < -0.39 is 12.8 Å². The van der Waals surface area contributed by atoms with Crippen molar-refractivity contribution >= 4 is 11.6 Å². The van der Waals surface area contributed by atoms with Crippen LogP contribution in [0.3, 0.4) is 0 Å². The Hall–Kier alpha value is -0.970. The predicted octanol–water partition coefficient (Wildman–Crippen LogP) is 2.76. The van der Waals surface area contributed by atoms with Crippen molar-refractivity contribution in [3.05, 3.63) is 23.9 Å². The molecule has 0 aliphatic carbocycles. The molecule has 6 heteroatoms. The second-order valence-corrected chi connectivity index (χ2v) is 2.81. The first-order valence-corrected chi connectivity index (χ1v) is 4.25. The number of nitrogens with zero attached hydrogens (tertiary/aromatic N) is 1. The van der Waals surface area contributed by atoms with Gasteiger partial charge in [0.25, 0.3) is 0 Å². The highest BCUT2D eigenvalue weighted by molar-refractivity contribution is 6.17. The highest BCUT2D eigenvalue weighted by Gasteiger charge is 2.28. The fraction of sp³-hybridized carbons (Fsp3) is 0.375. The summed E-state index contributed by atoms with van der Waals surface area (Å²) in [6.07, 6.45) is -3.00. The van der Waals surface area contributed by atoms with Crippen molar-refractivity contribution < 1.29 is 17.9 Å². The number of hydrogen-bond donors (Lipinski definition) is 0. The van der Waals surface area contributed by atoms with Crippen molar-refractivity contribution in [1.82, 2.24) is 4.98 Å². The molecule has 1 aromatic heterocycles. The van der Waals surface area contributed by atoms with Crippen LogP contribution in [0.1, 0.15) is 5.56 Å². The Morgan fingerprint density at radius 2 is 2.14 bits per heavy atom. The standard InChI is InChI=1S/C8H7ClF3NO/c9-4-6-1-2-13-7(3-6)14-5-8(10,11)12/h1-3H,4-5H2. The van der Waals surface area contributed by atoms with Gasteiger partial charge in [-0.2, -0.15) is 13.2 Å². The van der Waals surface area contributed by atoms with E-state index in [0.717, 1.165) is 0 Å². The average molecular weight is 226 g/mol. The zero-order valence-corrected chi connectivity index (χ0v) is 7.77. The zero-order chi connectivity index (χ0) is 10.6. The minimum atomic E-state index is -4.35. The van der Waals surface area contributed by atoms with Gasteiger partial charge in [0, 0.05) is 18.1 Å². The van der Waals surface area contributed by atoms with Gasteiger partial charge >= 0.3 is 6.18 Å². The van der Waals surface area contributed by atoms with E-state index in [1.807, 2.05) is 0 Å². The van der Waals surface area contributed by atoms with Crippen molar-refractivity contribution in [3.63, 3.8) is 0 Å².